The van der Waals surface area contributed by atoms with Crippen LogP contribution in [0.2, 0.25) is 0 Å². The van der Waals surface area contributed by atoms with E-state index in [4.69, 9.17) is 18.9 Å². The minimum Gasteiger partial charge on any atom is -0.493 e. The molecule has 0 bridgehead atoms. The van der Waals surface area contributed by atoms with Gasteiger partial charge >= 0.3 is 12.3 Å². The Hall–Kier alpha value is -3.84. The molecule has 1 atom stereocenters. The Bertz CT molecular complexity index is 1300. The number of hydrogen-bond donors (Lipinski definition) is 2. The molecule has 0 saturated carbocycles. The fourth-order valence-electron chi connectivity index (χ4n) is 4.38. The monoisotopic (exact) mass is 609 g/mol. The summed E-state index contributed by atoms with van der Waals surface area (Å²) in [4.78, 5) is 40.0. The summed E-state index contributed by atoms with van der Waals surface area (Å²) in [5, 5.41) is 0. The van der Waals surface area contributed by atoms with Crippen LogP contribution in [0.15, 0.2) is 48.5 Å². The van der Waals surface area contributed by atoms with E-state index in [1.165, 1.54) is 6.92 Å². The Morgan fingerprint density at radius 3 is 2.28 bits per heavy atom. The molecule has 1 aliphatic heterocycles. The summed E-state index contributed by atoms with van der Waals surface area (Å²) in [6, 6.07) is 12.3. The third-order valence-electron chi connectivity index (χ3n) is 6.44. The molecule has 13 heteroatoms. The number of hydrazine groups is 1. The second-order valence-electron chi connectivity index (χ2n) is 11.7. The van der Waals surface area contributed by atoms with Gasteiger partial charge in [0.15, 0.2) is 0 Å². The lowest BCUT2D eigenvalue weighted by Gasteiger charge is -2.39. The fraction of sp³-hybridized carbons (Fsp3) is 0.500. The van der Waals surface area contributed by atoms with E-state index in [0.717, 1.165) is 22.6 Å². The first-order valence-electron chi connectivity index (χ1n) is 13.7. The Kier molecular flexibility index (Phi) is 10.3. The predicted octanol–water partition coefficient (Wildman–Crippen LogP) is 5.21. The summed E-state index contributed by atoms with van der Waals surface area (Å²) in [5.74, 6) is -2.28. The Labute approximate surface area is 248 Å². The molecule has 0 spiro atoms. The predicted molar refractivity (Wildman–Crippen MR) is 150 cm³/mol. The molecule has 1 unspecified atom stereocenters. The lowest BCUT2D eigenvalue weighted by Crippen LogP contribution is -2.63. The molecule has 1 heterocycles. The molecule has 1 fully saturated rings. The minimum absolute atomic E-state index is 0.0371. The lowest BCUT2D eigenvalue weighted by atomic mass is 10.0. The molecule has 0 aromatic heterocycles. The molecule has 236 valence electrons. The van der Waals surface area contributed by atoms with E-state index in [2.05, 4.69) is 10.9 Å². The van der Waals surface area contributed by atoms with Crippen molar-refractivity contribution in [3.05, 3.63) is 65.2 Å². The number of rotatable bonds is 9. The first-order chi connectivity index (χ1) is 19.9. The van der Waals surface area contributed by atoms with Gasteiger partial charge in [-0.05, 0) is 65.3 Å². The lowest BCUT2D eigenvalue weighted by molar-refractivity contribution is -0.139. The number of nitrogens with one attached hydrogen (secondary N) is 2. The molecule has 0 aliphatic carbocycles. The first kappa shape index (κ1) is 33.7. The van der Waals surface area contributed by atoms with Crippen molar-refractivity contribution in [2.24, 2.45) is 0 Å². The molecule has 0 radical (unpaired) electrons. The third kappa shape index (κ3) is 8.83. The minimum atomic E-state index is -4.81. The van der Waals surface area contributed by atoms with Crippen molar-refractivity contribution in [1.82, 2.24) is 15.8 Å². The van der Waals surface area contributed by atoms with Crippen LogP contribution in [-0.2, 0) is 31.8 Å². The van der Waals surface area contributed by atoms with E-state index in [1.807, 2.05) is 30.3 Å². The highest BCUT2D eigenvalue weighted by atomic mass is 19.4. The van der Waals surface area contributed by atoms with Crippen LogP contribution in [0.1, 0.15) is 69.4 Å². The van der Waals surface area contributed by atoms with Gasteiger partial charge in [-0.2, -0.15) is 13.2 Å². The van der Waals surface area contributed by atoms with Gasteiger partial charge in [-0.3, -0.25) is 25.3 Å². The van der Waals surface area contributed by atoms with Gasteiger partial charge in [0, 0.05) is 12.0 Å². The Morgan fingerprint density at radius 2 is 1.65 bits per heavy atom. The highest BCUT2D eigenvalue weighted by Crippen LogP contribution is 2.38. The van der Waals surface area contributed by atoms with E-state index in [1.54, 1.807) is 34.6 Å². The summed E-state index contributed by atoms with van der Waals surface area (Å²) in [6.07, 6.45) is -5.28. The van der Waals surface area contributed by atoms with Crippen LogP contribution in [0, 0.1) is 0 Å². The molecular weight excluding hydrogens is 571 g/mol. The number of nitrogens with zero attached hydrogens (tertiary/aromatic N) is 1. The first-order valence-corrected chi connectivity index (χ1v) is 13.7. The second kappa shape index (κ2) is 13.2. The molecule has 3 amide bonds. The van der Waals surface area contributed by atoms with E-state index >= 15 is 0 Å². The molecule has 2 aromatic carbocycles. The average Bonchev–Trinajstić information content (AvgIpc) is 3.17. The van der Waals surface area contributed by atoms with Gasteiger partial charge in [-0.15, -0.1) is 0 Å². The van der Waals surface area contributed by atoms with E-state index in [0.29, 0.717) is 19.1 Å². The van der Waals surface area contributed by atoms with Gasteiger partial charge in [0.2, 0.25) is 0 Å². The number of ether oxygens (including phenoxy) is 4. The van der Waals surface area contributed by atoms with Gasteiger partial charge in [-0.1, -0.05) is 30.3 Å². The van der Waals surface area contributed by atoms with Crippen molar-refractivity contribution in [2.45, 2.75) is 77.6 Å². The van der Waals surface area contributed by atoms with Gasteiger partial charge in [0.05, 0.1) is 32.0 Å². The number of carbonyl (C=O) groups is 3. The Balaban J connectivity index is 1.61. The van der Waals surface area contributed by atoms with E-state index in [-0.39, 0.29) is 25.4 Å². The van der Waals surface area contributed by atoms with E-state index < -0.39 is 52.3 Å². The van der Waals surface area contributed by atoms with Crippen LogP contribution in [0.25, 0.3) is 0 Å². The number of hydrogen-bond acceptors (Lipinski definition) is 7. The van der Waals surface area contributed by atoms with Crippen LogP contribution >= 0.6 is 0 Å². The van der Waals surface area contributed by atoms with Gasteiger partial charge < -0.3 is 18.9 Å². The van der Waals surface area contributed by atoms with Crippen LogP contribution in [0.5, 0.6) is 5.75 Å². The van der Waals surface area contributed by atoms with Crippen molar-refractivity contribution >= 4 is 17.9 Å². The molecule has 1 saturated heterocycles. The van der Waals surface area contributed by atoms with Crippen LogP contribution in [0.3, 0.4) is 0 Å². The maximum atomic E-state index is 13.8. The molecule has 1 aliphatic rings. The van der Waals surface area contributed by atoms with Gasteiger partial charge in [0.1, 0.15) is 22.6 Å². The number of benzene rings is 2. The molecule has 10 nitrogen and oxygen atoms in total. The normalized spacial score (nSPS) is 18.2. The number of amides is 3. The van der Waals surface area contributed by atoms with Gasteiger partial charge in [0.25, 0.3) is 11.8 Å². The summed E-state index contributed by atoms with van der Waals surface area (Å²) < 4.78 is 63.4. The molecule has 43 heavy (non-hydrogen) atoms. The molecule has 3 rings (SSSR count). The number of alkyl halides is 3. The third-order valence-corrected chi connectivity index (χ3v) is 6.44. The summed E-state index contributed by atoms with van der Waals surface area (Å²) in [6.45, 7) is 9.98. The summed E-state index contributed by atoms with van der Waals surface area (Å²) >= 11 is 0. The maximum absolute atomic E-state index is 13.8. The number of carbonyl (C=O) groups excluding carboxylic acids is 3. The zero-order valence-electron chi connectivity index (χ0n) is 25.1. The second-order valence-corrected chi connectivity index (χ2v) is 11.7. The number of halogens is 3. The van der Waals surface area contributed by atoms with Crippen molar-refractivity contribution in [3.8, 4) is 5.75 Å². The van der Waals surface area contributed by atoms with Crippen LogP contribution in [0.4, 0.5) is 18.0 Å². The fourth-order valence-corrected chi connectivity index (χ4v) is 4.38. The average molecular weight is 610 g/mol. The zero-order chi connectivity index (χ0) is 32.1. The quantitative estimate of drug-likeness (QED) is 0.296. The van der Waals surface area contributed by atoms with Gasteiger partial charge in [-0.25, -0.2) is 4.79 Å². The maximum Gasteiger partial charge on any atom is 0.419 e. The van der Waals surface area contributed by atoms with Crippen molar-refractivity contribution in [3.63, 3.8) is 0 Å². The highest BCUT2D eigenvalue weighted by Gasteiger charge is 2.57. The van der Waals surface area contributed by atoms with E-state index in [9.17, 15) is 27.6 Å². The molecule has 2 N–H and O–H groups in total. The Morgan fingerprint density at radius 1 is 0.977 bits per heavy atom. The largest absolute Gasteiger partial charge is 0.493 e. The standard InChI is InChI=1S/C30H38F3N3O7/c1-27(2,3)43-26(39)36-28(4,5)42-19-29(36,6)25(38)35-34-24(37)21-13-14-23(22(17-21)30(31,32)33)41-16-10-15-40-18-20-11-8-7-9-12-20/h7-9,11-14,17H,10,15-16,18-19H2,1-6H3,(H,34,37)(H,35,38). The summed E-state index contributed by atoms with van der Waals surface area (Å²) in [5.41, 5.74) is 0.0902. The van der Waals surface area contributed by atoms with Crippen molar-refractivity contribution in [1.29, 1.82) is 0 Å². The smallest absolute Gasteiger partial charge is 0.419 e. The SMILES string of the molecule is CC(C)(C)OC(=O)N1C(C)(C)OCC1(C)C(=O)NNC(=O)c1ccc(OCCCOCc2ccccc2)c(C(F)(F)F)c1. The topological polar surface area (TPSA) is 115 Å². The molecule has 2 aromatic rings. The van der Waals surface area contributed by atoms with Crippen LogP contribution in [-0.4, -0.2) is 59.5 Å². The van der Waals surface area contributed by atoms with Crippen LogP contribution < -0.4 is 15.6 Å². The van der Waals surface area contributed by atoms with Crippen molar-refractivity contribution < 1.29 is 46.5 Å². The highest BCUT2D eigenvalue weighted by molar-refractivity contribution is 5.97. The zero-order valence-corrected chi connectivity index (χ0v) is 25.1. The summed E-state index contributed by atoms with van der Waals surface area (Å²) in [7, 11) is 0. The molecular formula is C30H38F3N3O7. The van der Waals surface area contributed by atoms with Crippen molar-refractivity contribution in [2.75, 3.05) is 19.8 Å².